The number of carboxylic acid groups (broad SMARTS) is 1. The van der Waals surface area contributed by atoms with Crippen LogP contribution in [0.3, 0.4) is 0 Å². The molecule has 2 aliphatic heterocycles. The quantitative estimate of drug-likeness (QED) is 0.832. The summed E-state index contributed by atoms with van der Waals surface area (Å²) in [5, 5.41) is 9.87. The van der Waals surface area contributed by atoms with Crippen LogP contribution in [0.2, 0.25) is 0 Å². The normalized spacial score (nSPS) is 24.0. The molecule has 0 saturated carbocycles. The number of amides is 2. The third-order valence-electron chi connectivity index (χ3n) is 5.45. The van der Waals surface area contributed by atoms with Crippen molar-refractivity contribution in [2.45, 2.75) is 51.9 Å². The molecule has 0 bridgehead atoms. The summed E-state index contributed by atoms with van der Waals surface area (Å²) >= 11 is 0. The first-order valence-electron chi connectivity index (χ1n) is 9.79. The van der Waals surface area contributed by atoms with Crippen LogP contribution in [0.1, 0.15) is 39.2 Å². The molecule has 0 unspecified atom stereocenters. The largest absolute Gasteiger partial charge is 0.480 e. The smallest absolute Gasteiger partial charge is 0.410 e. The molecule has 2 heterocycles. The summed E-state index contributed by atoms with van der Waals surface area (Å²) in [6.45, 7) is 6.39. The van der Waals surface area contributed by atoms with Gasteiger partial charge < -0.3 is 19.5 Å². The maximum atomic E-state index is 12.6. The molecule has 2 amide bonds. The van der Waals surface area contributed by atoms with Crippen LogP contribution in [0, 0.1) is 5.41 Å². The van der Waals surface area contributed by atoms with E-state index in [4.69, 9.17) is 9.47 Å². The molecule has 0 radical (unpaired) electrons. The van der Waals surface area contributed by atoms with Gasteiger partial charge in [-0.1, -0.05) is 30.3 Å². The van der Waals surface area contributed by atoms with Crippen LogP contribution in [0.4, 0.5) is 9.59 Å². The van der Waals surface area contributed by atoms with Gasteiger partial charge in [0.15, 0.2) is 0 Å². The monoisotopic (exact) mass is 404 g/mol. The SMILES string of the molecule is CC(C)(C)OC(=O)N1CC[C@]2(CCN(C(=O)OCc3ccccc3)[C@@H]2C(=O)O)C1. The van der Waals surface area contributed by atoms with Gasteiger partial charge in [-0.15, -0.1) is 0 Å². The van der Waals surface area contributed by atoms with E-state index in [1.165, 1.54) is 4.90 Å². The van der Waals surface area contributed by atoms with Crippen LogP contribution in [-0.4, -0.2) is 64.3 Å². The van der Waals surface area contributed by atoms with Gasteiger partial charge in [-0.2, -0.15) is 0 Å². The lowest BCUT2D eigenvalue weighted by molar-refractivity contribution is -0.145. The van der Waals surface area contributed by atoms with Crippen LogP contribution < -0.4 is 0 Å². The van der Waals surface area contributed by atoms with E-state index in [-0.39, 0.29) is 19.7 Å². The zero-order valence-electron chi connectivity index (χ0n) is 17.1. The number of nitrogens with zero attached hydrogens (tertiary/aromatic N) is 2. The van der Waals surface area contributed by atoms with E-state index in [2.05, 4.69) is 0 Å². The fourth-order valence-corrected chi connectivity index (χ4v) is 4.14. The Hall–Kier alpha value is -2.77. The lowest BCUT2D eigenvalue weighted by Gasteiger charge is -2.31. The molecule has 2 aliphatic rings. The van der Waals surface area contributed by atoms with Crippen molar-refractivity contribution in [3.05, 3.63) is 35.9 Å². The maximum absolute atomic E-state index is 12.6. The van der Waals surface area contributed by atoms with Crippen molar-refractivity contribution in [1.29, 1.82) is 0 Å². The number of carboxylic acids is 1. The summed E-state index contributed by atoms with van der Waals surface area (Å²) in [5.41, 5.74) is -0.477. The van der Waals surface area contributed by atoms with Gasteiger partial charge in [-0.25, -0.2) is 14.4 Å². The predicted molar refractivity (Wildman–Crippen MR) is 104 cm³/mol. The lowest BCUT2D eigenvalue weighted by Crippen LogP contribution is -2.49. The van der Waals surface area contributed by atoms with E-state index in [9.17, 15) is 19.5 Å². The van der Waals surface area contributed by atoms with Crippen molar-refractivity contribution in [2.75, 3.05) is 19.6 Å². The van der Waals surface area contributed by atoms with E-state index in [0.29, 0.717) is 19.4 Å². The number of rotatable bonds is 3. The van der Waals surface area contributed by atoms with Crippen LogP contribution in [0.15, 0.2) is 30.3 Å². The number of benzene rings is 1. The molecule has 1 spiro atoms. The van der Waals surface area contributed by atoms with Crippen LogP contribution in [0.25, 0.3) is 0 Å². The Kier molecular flexibility index (Phi) is 5.73. The van der Waals surface area contributed by atoms with Crippen molar-refractivity contribution >= 4 is 18.2 Å². The van der Waals surface area contributed by atoms with E-state index < -0.39 is 35.2 Å². The third-order valence-corrected chi connectivity index (χ3v) is 5.45. The topological polar surface area (TPSA) is 96.4 Å². The summed E-state index contributed by atoms with van der Waals surface area (Å²) in [6, 6.07) is 8.20. The molecular weight excluding hydrogens is 376 g/mol. The fourth-order valence-electron chi connectivity index (χ4n) is 4.14. The summed E-state index contributed by atoms with van der Waals surface area (Å²) in [6.07, 6.45) is -0.0903. The van der Waals surface area contributed by atoms with Crippen molar-refractivity contribution in [3.63, 3.8) is 0 Å². The Labute approximate surface area is 170 Å². The number of hydrogen-bond donors (Lipinski definition) is 1. The first kappa shape index (κ1) is 21.0. The number of aliphatic carboxylic acids is 1. The Balaban J connectivity index is 1.68. The second-order valence-electron chi connectivity index (χ2n) is 8.74. The van der Waals surface area contributed by atoms with Gasteiger partial charge in [0.05, 0.1) is 0 Å². The van der Waals surface area contributed by atoms with Crippen molar-refractivity contribution in [3.8, 4) is 0 Å². The van der Waals surface area contributed by atoms with Crippen molar-refractivity contribution in [1.82, 2.24) is 9.80 Å². The zero-order valence-corrected chi connectivity index (χ0v) is 17.1. The van der Waals surface area contributed by atoms with Crippen LogP contribution in [0.5, 0.6) is 0 Å². The Morgan fingerprint density at radius 1 is 1.10 bits per heavy atom. The second-order valence-corrected chi connectivity index (χ2v) is 8.74. The van der Waals surface area contributed by atoms with E-state index in [0.717, 1.165) is 5.56 Å². The minimum absolute atomic E-state index is 0.0829. The molecule has 8 heteroatoms. The third kappa shape index (κ3) is 4.63. The van der Waals surface area contributed by atoms with Gasteiger partial charge in [0.2, 0.25) is 0 Å². The Morgan fingerprint density at radius 2 is 1.76 bits per heavy atom. The van der Waals surface area contributed by atoms with Gasteiger partial charge in [0, 0.05) is 25.0 Å². The van der Waals surface area contributed by atoms with Crippen LogP contribution >= 0.6 is 0 Å². The summed E-state index contributed by atoms with van der Waals surface area (Å²) < 4.78 is 10.8. The average Bonchev–Trinajstić information content (AvgIpc) is 3.24. The first-order valence-corrected chi connectivity index (χ1v) is 9.79. The van der Waals surface area contributed by atoms with Crippen LogP contribution in [-0.2, 0) is 20.9 Å². The van der Waals surface area contributed by atoms with Gasteiger partial charge in [-0.05, 0) is 39.2 Å². The molecule has 1 aromatic rings. The summed E-state index contributed by atoms with van der Waals surface area (Å²) in [5.74, 6) is -1.08. The van der Waals surface area contributed by atoms with E-state index >= 15 is 0 Å². The average molecular weight is 404 g/mol. The highest BCUT2D eigenvalue weighted by Crippen LogP contribution is 2.45. The molecule has 1 aromatic carbocycles. The van der Waals surface area contributed by atoms with Gasteiger partial charge in [0.25, 0.3) is 0 Å². The standard InChI is InChI=1S/C21H28N2O6/c1-20(2,3)29-18(26)22-11-9-21(14-22)10-12-23(16(21)17(24)25)19(27)28-13-15-7-5-4-6-8-15/h4-8,16H,9-14H2,1-3H3,(H,24,25)/t16-,21+/m1/s1. The fraction of sp³-hybridized carbons (Fsp3) is 0.571. The molecule has 0 aromatic heterocycles. The van der Waals surface area contributed by atoms with Gasteiger partial charge in [0.1, 0.15) is 18.2 Å². The number of hydrogen-bond acceptors (Lipinski definition) is 5. The van der Waals surface area contributed by atoms with Gasteiger partial charge >= 0.3 is 18.2 Å². The van der Waals surface area contributed by atoms with E-state index in [1.807, 2.05) is 30.3 Å². The van der Waals surface area contributed by atoms with Crippen molar-refractivity contribution in [2.24, 2.45) is 5.41 Å². The predicted octanol–water partition coefficient (Wildman–Crippen LogP) is 3.11. The molecule has 0 aliphatic carbocycles. The number of likely N-dealkylation sites (tertiary alicyclic amines) is 2. The molecule has 2 fully saturated rings. The molecule has 8 nitrogen and oxygen atoms in total. The summed E-state index contributed by atoms with van der Waals surface area (Å²) in [4.78, 5) is 39.9. The number of carbonyl (C=O) groups is 3. The molecular formula is C21H28N2O6. The second kappa shape index (κ2) is 7.93. The zero-order chi connectivity index (χ0) is 21.2. The molecule has 1 N–H and O–H groups in total. The molecule has 2 saturated heterocycles. The van der Waals surface area contributed by atoms with Gasteiger partial charge in [-0.3, -0.25) is 4.90 Å². The first-order chi connectivity index (χ1) is 13.6. The maximum Gasteiger partial charge on any atom is 0.410 e. The number of carbonyl (C=O) groups excluding carboxylic acids is 2. The highest BCUT2D eigenvalue weighted by molar-refractivity contribution is 5.82. The highest BCUT2D eigenvalue weighted by atomic mass is 16.6. The number of ether oxygens (including phenoxy) is 2. The lowest BCUT2D eigenvalue weighted by atomic mass is 9.79. The van der Waals surface area contributed by atoms with Crippen molar-refractivity contribution < 1.29 is 29.0 Å². The molecule has 29 heavy (non-hydrogen) atoms. The minimum atomic E-state index is -1.08. The molecule has 2 atom stereocenters. The highest BCUT2D eigenvalue weighted by Gasteiger charge is 2.57. The molecule has 3 rings (SSSR count). The molecule has 158 valence electrons. The summed E-state index contributed by atoms with van der Waals surface area (Å²) in [7, 11) is 0. The van der Waals surface area contributed by atoms with E-state index in [1.54, 1.807) is 25.7 Å². The minimum Gasteiger partial charge on any atom is -0.480 e. The Bertz CT molecular complexity index is 775. The Morgan fingerprint density at radius 3 is 2.38 bits per heavy atom.